The van der Waals surface area contributed by atoms with Crippen molar-refractivity contribution < 1.29 is 29.0 Å². The monoisotopic (exact) mass is 481 g/mol. The zero-order valence-corrected chi connectivity index (χ0v) is 20.0. The highest BCUT2D eigenvalue weighted by atomic mass is 16.5. The highest BCUT2D eigenvalue weighted by molar-refractivity contribution is 6.23. The Balaban J connectivity index is 1.63. The van der Waals surface area contributed by atoms with Gasteiger partial charge < -0.3 is 20.5 Å². The van der Waals surface area contributed by atoms with Crippen LogP contribution in [0.25, 0.3) is 10.8 Å². The Hall–Kier alpha value is -3.30. The van der Waals surface area contributed by atoms with Crippen LogP contribution >= 0.6 is 0 Å². The number of morpholine rings is 1. The molecule has 3 amide bonds. The molecule has 2 unspecified atom stereocenters. The van der Waals surface area contributed by atoms with Gasteiger partial charge in [-0.15, -0.1) is 0 Å². The molecule has 4 rings (SSSR count). The molecule has 9 heteroatoms. The van der Waals surface area contributed by atoms with Crippen LogP contribution in [0, 0.1) is 17.8 Å². The maximum absolute atomic E-state index is 13.3. The number of aliphatic carboxylic acids is 1. The third-order valence-corrected chi connectivity index (χ3v) is 7.15. The van der Waals surface area contributed by atoms with Crippen molar-refractivity contribution in [3.05, 3.63) is 47.5 Å². The Kier molecular flexibility index (Phi) is 7.18. The third kappa shape index (κ3) is 4.53. The predicted octanol–water partition coefficient (Wildman–Crippen LogP) is 2.33. The molecule has 1 saturated heterocycles. The summed E-state index contributed by atoms with van der Waals surface area (Å²) in [5.41, 5.74) is 6.93. The van der Waals surface area contributed by atoms with E-state index < -0.39 is 41.7 Å². The molecule has 9 nitrogen and oxygen atoms in total. The number of rotatable bonds is 8. The van der Waals surface area contributed by atoms with E-state index in [-0.39, 0.29) is 17.0 Å². The summed E-state index contributed by atoms with van der Waals surface area (Å²) in [6.45, 7) is 5.09. The van der Waals surface area contributed by atoms with Gasteiger partial charge in [0.15, 0.2) is 0 Å². The van der Waals surface area contributed by atoms with E-state index in [1.165, 1.54) is 0 Å². The van der Waals surface area contributed by atoms with Crippen LogP contribution in [0.2, 0.25) is 0 Å². The van der Waals surface area contributed by atoms with E-state index in [4.69, 9.17) is 10.5 Å². The highest BCUT2D eigenvalue weighted by Gasteiger charge is 2.47. The van der Waals surface area contributed by atoms with Gasteiger partial charge in [0.2, 0.25) is 5.91 Å². The number of hydrogen-bond donors (Lipinski definition) is 2. The topological polar surface area (TPSA) is 130 Å². The summed E-state index contributed by atoms with van der Waals surface area (Å²) >= 11 is 0. The maximum Gasteiger partial charge on any atom is 0.307 e. The fraction of sp³-hybridized carbons (Fsp3) is 0.462. The van der Waals surface area contributed by atoms with Crippen molar-refractivity contribution in [1.29, 1.82) is 0 Å². The van der Waals surface area contributed by atoms with E-state index in [1.54, 1.807) is 24.0 Å². The van der Waals surface area contributed by atoms with Gasteiger partial charge in [-0.2, -0.15) is 0 Å². The van der Waals surface area contributed by atoms with Crippen molar-refractivity contribution >= 4 is 34.5 Å². The van der Waals surface area contributed by atoms with Gasteiger partial charge in [0.1, 0.15) is 0 Å². The van der Waals surface area contributed by atoms with E-state index >= 15 is 0 Å². The van der Waals surface area contributed by atoms with Crippen molar-refractivity contribution in [3.63, 3.8) is 0 Å². The predicted molar refractivity (Wildman–Crippen MR) is 129 cm³/mol. The van der Waals surface area contributed by atoms with Crippen LogP contribution in [0.4, 0.5) is 0 Å². The molecule has 2 aliphatic rings. The molecule has 1 fully saturated rings. The van der Waals surface area contributed by atoms with Crippen molar-refractivity contribution in [2.75, 3.05) is 26.3 Å². The Bertz CT molecular complexity index is 1100. The molecule has 35 heavy (non-hydrogen) atoms. The number of benzene rings is 2. The van der Waals surface area contributed by atoms with Crippen LogP contribution in [0.1, 0.15) is 47.4 Å². The molecule has 186 valence electrons. The molecule has 0 bridgehead atoms. The van der Waals surface area contributed by atoms with E-state index in [0.29, 0.717) is 39.1 Å². The number of nitrogens with zero attached hydrogens (tertiary/aromatic N) is 2. The number of amides is 3. The molecule has 2 aliphatic heterocycles. The first-order valence-electron chi connectivity index (χ1n) is 12.0. The fourth-order valence-electron chi connectivity index (χ4n) is 5.21. The summed E-state index contributed by atoms with van der Waals surface area (Å²) in [4.78, 5) is 54.9. The second kappa shape index (κ2) is 10.1. The first-order valence-corrected chi connectivity index (χ1v) is 12.0. The number of ether oxygens (including phenoxy) is 1. The minimum Gasteiger partial charge on any atom is -0.481 e. The highest BCUT2D eigenvalue weighted by Crippen LogP contribution is 2.34. The largest absolute Gasteiger partial charge is 0.481 e. The molecule has 0 saturated carbocycles. The molecule has 2 aromatic carbocycles. The van der Waals surface area contributed by atoms with E-state index in [1.807, 2.05) is 31.2 Å². The standard InChI is InChI=1S/C26H31N3O6/c1-3-6-18(23(30)28-9-11-35-12-10-28)21(26(33)34)15(2)22(27)29-24(31)19-13-16-7-4-5-8-17(16)14-20(19)25(29)32/h4-5,7-8,13-15,18,21-22H,3,6,9-12,27H2,1-2H3,(H,33,34)/t15?,18-,21+,22?/m0/s1. The molecule has 0 spiro atoms. The molecule has 4 atom stereocenters. The first kappa shape index (κ1) is 24.8. The van der Waals surface area contributed by atoms with Gasteiger partial charge in [0.05, 0.1) is 42.3 Å². The van der Waals surface area contributed by atoms with Crippen LogP contribution in [-0.4, -0.2) is 71.1 Å². The number of nitrogens with two attached hydrogens (primary N) is 1. The zero-order chi connectivity index (χ0) is 25.3. The van der Waals surface area contributed by atoms with Gasteiger partial charge >= 0.3 is 5.97 Å². The first-order chi connectivity index (χ1) is 16.8. The smallest absolute Gasteiger partial charge is 0.307 e. The minimum absolute atomic E-state index is 0.248. The van der Waals surface area contributed by atoms with Gasteiger partial charge in [-0.25, -0.2) is 0 Å². The zero-order valence-electron chi connectivity index (χ0n) is 20.0. The van der Waals surface area contributed by atoms with Crippen LogP contribution < -0.4 is 5.73 Å². The van der Waals surface area contributed by atoms with E-state index in [0.717, 1.165) is 15.7 Å². The van der Waals surface area contributed by atoms with Crippen LogP contribution in [-0.2, 0) is 14.3 Å². The van der Waals surface area contributed by atoms with Crippen molar-refractivity contribution in [1.82, 2.24) is 9.80 Å². The molecule has 3 N–H and O–H groups in total. The van der Waals surface area contributed by atoms with Crippen molar-refractivity contribution in [3.8, 4) is 0 Å². The summed E-state index contributed by atoms with van der Waals surface area (Å²) in [7, 11) is 0. The normalized spacial score (nSPS) is 19.4. The van der Waals surface area contributed by atoms with Crippen LogP contribution in [0.15, 0.2) is 36.4 Å². The van der Waals surface area contributed by atoms with Gasteiger partial charge in [0.25, 0.3) is 11.8 Å². The Labute approximate surface area is 203 Å². The number of carbonyl (C=O) groups excluding carboxylic acids is 3. The number of hydrogen-bond acceptors (Lipinski definition) is 6. The van der Waals surface area contributed by atoms with Crippen LogP contribution in [0.5, 0.6) is 0 Å². The molecule has 0 aliphatic carbocycles. The third-order valence-electron chi connectivity index (χ3n) is 7.15. The Morgan fingerprint density at radius 1 is 1.06 bits per heavy atom. The lowest BCUT2D eigenvalue weighted by atomic mass is 9.77. The summed E-state index contributed by atoms with van der Waals surface area (Å²) < 4.78 is 5.32. The quantitative estimate of drug-likeness (QED) is 0.554. The van der Waals surface area contributed by atoms with Crippen molar-refractivity contribution in [2.24, 2.45) is 23.5 Å². The Morgan fingerprint density at radius 2 is 1.60 bits per heavy atom. The summed E-state index contributed by atoms with van der Waals surface area (Å²) in [6, 6.07) is 10.7. The molecular formula is C26H31N3O6. The fourth-order valence-corrected chi connectivity index (χ4v) is 5.21. The summed E-state index contributed by atoms with van der Waals surface area (Å²) in [5, 5.41) is 11.8. The summed E-state index contributed by atoms with van der Waals surface area (Å²) in [5.74, 6) is -5.37. The number of fused-ring (bicyclic) bond motifs is 2. The lowest BCUT2D eigenvalue weighted by Gasteiger charge is -2.37. The molecule has 2 heterocycles. The minimum atomic E-state index is -1.21. The average Bonchev–Trinajstić information content (AvgIpc) is 3.10. The van der Waals surface area contributed by atoms with Crippen molar-refractivity contribution in [2.45, 2.75) is 32.9 Å². The van der Waals surface area contributed by atoms with E-state index in [2.05, 4.69) is 0 Å². The van der Waals surface area contributed by atoms with Gasteiger partial charge in [0, 0.05) is 19.0 Å². The molecular weight excluding hydrogens is 450 g/mol. The lowest BCUT2D eigenvalue weighted by molar-refractivity contribution is -0.155. The number of carboxylic acid groups (broad SMARTS) is 1. The van der Waals surface area contributed by atoms with E-state index in [9.17, 15) is 24.3 Å². The second-order valence-corrected chi connectivity index (χ2v) is 9.27. The average molecular weight is 482 g/mol. The molecule has 2 aromatic rings. The Morgan fingerprint density at radius 3 is 2.09 bits per heavy atom. The van der Waals surface area contributed by atoms with Gasteiger partial charge in [-0.05, 0) is 29.3 Å². The van der Waals surface area contributed by atoms with Gasteiger partial charge in [-0.3, -0.25) is 24.1 Å². The molecule has 0 radical (unpaired) electrons. The number of imide groups is 1. The SMILES string of the molecule is CCC[C@H](C(=O)N1CCOCC1)[C@H](C(=O)O)C(C)C(N)N1C(=O)c2cc3ccccc3cc2C1=O. The number of carbonyl (C=O) groups is 4. The number of carboxylic acids is 1. The molecule has 0 aromatic heterocycles. The maximum atomic E-state index is 13.3. The summed E-state index contributed by atoms with van der Waals surface area (Å²) in [6.07, 6.45) is -0.243. The lowest BCUT2D eigenvalue weighted by Crippen LogP contribution is -2.55. The van der Waals surface area contributed by atoms with Crippen LogP contribution in [0.3, 0.4) is 0 Å². The second-order valence-electron chi connectivity index (χ2n) is 9.27. The van der Waals surface area contributed by atoms with Gasteiger partial charge in [-0.1, -0.05) is 44.5 Å².